The van der Waals surface area contributed by atoms with Crippen molar-refractivity contribution in [1.29, 1.82) is 0 Å². The fourth-order valence-electron chi connectivity index (χ4n) is 3.98. The standard InChI is InChI=1S/C30H30O4S/c1-21(2)22-5-7-23(8-6-22)30(3,4)24-9-13-26(14-10-24)34-27-15-19-29(20-16-27)35(32,33)28-17-11-25(31)12-18-28/h5-21,31H,1-4H3. The Morgan fingerprint density at radius 1 is 0.657 bits per heavy atom. The van der Waals surface area contributed by atoms with Gasteiger partial charge in [-0.2, -0.15) is 0 Å². The zero-order valence-electron chi connectivity index (χ0n) is 20.4. The molecule has 5 heteroatoms. The Bertz CT molecular complexity index is 1380. The van der Waals surface area contributed by atoms with Crippen molar-refractivity contribution in [3.8, 4) is 17.2 Å². The van der Waals surface area contributed by atoms with Crippen LogP contribution in [-0.4, -0.2) is 13.5 Å². The van der Waals surface area contributed by atoms with Crippen molar-refractivity contribution < 1.29 is 18.3 Å². The molecule has 0 radical (unpaired) electrons. The molecule has 0 amide bonds. The number of hydrogen-bond donors (Lipinski definition) is 1. The van der Waals surface area contributed by atoms with Crippen LogP contribution in [0.4, 0.5) is 0 Å². The van der Waals surface area contributed by atoms with Gasteiger partial charge < -0.3 is 9.84 Å². The van der Waals surface area contributed by atoms with Crippen molar-refractivity contribution in [3.63, 3.8) is 0 Å². The highest BCUT2D eigenvalue weighted by atomic mass is 32.2. The highest BCUT2D eigenvalue weighted by Crippen LogP contribution is 2.34. The third-order valence-electron chi connectivity index (χ3n) is 6.39. The fraction of sp³-hybridized carbons (Fsp3) is 0.200. The Kier molecular flexibility index (Phi) is 6.73. The van der Waals surface area contributed by atoms with E-state index in [9.17, 15) is 13.5 Å². The molecule has 0 aliphatic rings. The van der Waals surface area contributed by atoms with Gasteiger partial charge in [0.1, 0.15) is 17.2 Å². The molecule has 4 aromatic carbocycles. The molecular weight excluding hydrogens is 456 g/mol. The summed E-state index contributed by atoms with van der Waals surface area (Å²) >= 11 is 0. The lowest BCUT2D eigenvalue weighted by atomic mass is 9.77. The Hall–Kier alpha value is -3.57. The molecular formula is C30H30O4S. The van der Waals surface area contributed by atoms with Gasteiger partial charge in [0.25, 0.3) is 0 Å². The zero-order chi connectivity index (χ0) is 25.2. The summed E-state index contributed by atoms with van der Waals surface area (Å²) in [4.78, 5) is 0.289. The molecule has 0 unspecified atom stereocenters. The molecule has 180 valence electrons. The number of benzene rings is 4. The van der Waals surface area contributed by atoms with Crippen LogP contribution in [0.15, 0.2) is 107 Å². The van der Waals surface area contributed by atoms with Gasteiger partial charge in [-0.25, -0.2) is 8.42 Å². The fourth-order valence-corrected chi connectivity index (χ4v) is 5.24. The van der Waals surface area contributed by atoms with Gasteiger partial charge in [0.15, 0.2) is 0 Å². The number of hydrogen-bond acceptors (Lipinski definition) is 4. The average Bonchev–Trinajstić information content (AvgIpc) is 2.85. The minimum atomic E-state index is -3.67. The second-order valence-corrected chi connectivity index (χ2v) is 11.4. The molecule has 0 saturated carbocycles. The SMILES string of the molecule is CC(C)c1ccc(C(C)(C)c2ccc(Oc3ccc(S(=O)(=O)c4ccc(O)cc4)cc3)cc2)cc1. The zero-order valence-corrected chi connectivity index (χ0v) is 21.2. The van der Waals surface area contributed by atoms with Crippen LogP contribution >= 0.6 is 0 Å². The topological polar surface area (TPSA) is 63.6 Å². The number of sulfone groups is 1. The van der Waals surface area contributed by atoms with Crippen molar-refractivity contribution in [3.05, 3.63) is 114 Å². The molecule has 4 nitrogen and oxygen atoms in total. The minimum absolute atomic E-state index is 0.0196. The van der Waals surface area contributed by atoms with E-state index in [4.69, 9.17) is 4.74 Å². The van der Waals surface area contributed by atoms with Crippen molar-refractivity contribution in [2.45, 2.75) is 48.8 Å². The molecule has 1 N–H and O–H groups in total. The van der Waals surface area contributed by atoms with E-state index in [-0.39, 0.29) is 21.0 Å². The van der Waals surface area contributed by atoms with Gasteiger partial charge in [0, 0.05) is 5.41 Å². The van der Waals surface area contributed by atoms with Crippen molar-refractivity contribution >= 4 is 9.84 Å². The molecule has 0 spiro atoms. The number of aromatic hydroxyl groups is 1. The second kappa shape index (κ2) is 9.59. The maximum Gasteiger partial charge on any atom is 0.206 e. The number of phenols is 1. The van der Waals surface area contributed by atoms with E-state index in [1.54, 1.807) is 12.1 Å². The van der Waals surface area contributed by atoms with Crippen LogP contribution in [0.3, 0.4) is 0 Å². The average molecular weight is 487 g/mol. The van der Waals surface area contributed by atoms with Gasteiger partial charge in [-0.1, -0.05) is 64.1 Å². The molecule has 0 heterocycles. The normalized spacial score (nSPS) is 12.0. The molecule has 0 aliphatic carbocycles. The van der Waals surface area contributed by atoms with E-state index < -0.39 is 9.84 Å². The second-order valence-electron chi connectivity index (χ2n) is 9.50. The Morgan fingerprint density at radius 2 is 1.06 bits per heavy atom. The van der Waals surface area contributed by atoms with Crippen LogP contribution in [-0.2, 0) is 15.3 Å². The lowest BCUT2D eigenvalue weighted by Crippen LogP contribution is -2.18. The molecule has 4 rings (SSSR count). The van der Waals surface area contributed by atoms with E-state index in [1.807, 2.05) is 12.1 Å². The third-order valence-corrected chi connectivity index (χ3v) is 8.18. The minimum Gasteiger partial charge on any atom is -0.508 e. The largest absolute Gasteiger partial charge is 0.508 e. The Morgan fingerprint density at radius 3 is 1.51 bits per heavy atom. The van der Waals surface area contributed by atoms with Crippen LogP contribution in [0.1, 0.15) is 50.3 Å². The van der Waals surface area contributed by atoms with E-state index >= 15 is 0 Å². The van der Waals surface area contributed by atoms with Gasteiger partial charge in [-0.15, -0.1) is 0 Å². The summed E-state index contributed by atoms with van der Waals surface area (Å²) in [5.41, 5.74) is 3.60. The molecule has 35 heavy (non-hydrogen) atoms. The summed E-state index contributed by atoms with van der Waals surface area (Å²) in [5.74, 6) is 1.75. The van der Waals surface area contributed by atoms with Gasteiger partial charge >= 0.3 is 0 Å². The smallest absolute Gasteiger partial charge is 0.206 e. The first-order chi connectivity index (χ1) is 16.6. The monoisotopic (exact) mass is 486 g/mol. The van der Waals surface area contributed by atoms with Crippen LogP contribution in [0, 0.1) is 0 Å². The van der Waals surface area contributed by atoms with Crippen molar-refractivity contribution in [2.75, 3.05) is 0 Å². The summed E-state index contributed by atoms with van der Waals surface area (Å²) in [7, 11) is -3.67. The van der Waals surface area contributed by atoms with Crippen LogP contribution in [0.25, 0.3) is 0 Å². The summed E-state index contributed by atoms with van der Waals surface area (Å²) < 4.78 is 31.5. The molecule has 0 bridgehead atoms. The predicted octanol–water partition coefficient (Wildman–Crippen LogP) is 7.47. The number of phenolic OH excluding ortho intramolecular Hbond substituents is 1. The molecule has 0 aromatic heterocycles. The number of rotatable bonds is 7. The van der Waals surface area contributed by atoms with Crippen molar-refractivity contribution in [2.24, 2.45) is 0 Å². The summed E-state index contributed by atoms with van der Waals surface area (Å²) in [6, 6.07) is 28.6. The van der Waals surface area contributed by atoms with Crippen LogP contribution < -0.4 is 4.74 Å². The quantitative estimate of drug-likeness (QED) is 0.294. The van der Waals surface area contributed by atoms with Gasteiger partial charge in [0.2, 0.25) is 9.84 Å². The first kappa shape index (κ1) is 24.6. The summed E-state index contributed by atoms with van der Waals surface area (Å²) in [5, 5.41) is 9.41. The number of ether oxygens (including phenoxy) is 1. The Balaban J connectivity index is 1.48. The summed E-state index contributed by atoms with van der Waals surface area (Å²) in [6.07, 6.45) is 0. The highest BCUT2D eigenvalue weighted by Gasteiger charge is 2.23. The Labute approximate surface area is 207 Å². The van der Waals surface area contributed by atoms with Crippen molar-refractivity contribution in [1.82, 2.24) is 0 Å². The first-order valence-electron chi connectivity index (χ1n) is 11.6. The molecule has 0 aliphatic heterocycles. The molecule has 0 saturated heterocycles. The van der Waals surface area contributed by atoms with E-state index in [0.717, 1.165) is 0 Å². The maximum absolute atomic E-state index is 12.8. The maximum atomic E-state index is 12.8. The lowest BCUT2D eigenvalue weighted by Gasteiger charge is -2.27. The van der Waals surface area contributed by atoms with E-state index in [0.29, 0.717) is 17.4 Å². The summed E-state index contributed by atoms with van der Waals surface area (Å²) in [6.45, 7) is 8.81. The van der Waals surface area contributed by atoms with Gasteiger partial charge in [-0.05, 0) is 83.3 Å². The molecule has 0 fully saturated rings. The third kappa shape index (κ3) is 5.25. The first-order valence-corrected chi connectivity index (χ1v) is 13.1. The van der Waals surface area contributed by atoms with Crippen LogP contribution in [0.2, 0.25) is 0 Å². The van der Waals surface area contributed by atoms with Crippen LogP contribution in [0.5, 0.6) is 17.2 Å². The van der Waals surface area contributed by atoms with Gasteiger partial charge in [-0.3, -0.25) is 0 Å². The molecule has 0 atom stereocenters. The predicted molar refractivity (Wildman–Crippen MR) is 139 cm³/mol. The van der Waals surface area contributed by atoms with E-state index in [2.05, 4.69) is 64.1 Å². The van der Waals surface area contributed by atoms with Gasteiger partial charge in [0.05, 0.1) is 9.79 Å². The molecule has 4 aromatic rings. The lowest BCUT2D eigenvalue weighted by molar-refractivity contribution is 0.475. The highest BCUT2D eigenvalue weighted by molar-refractivity contribution is 7.91. The van der Waals surface area contributed by atoms with E-state index in [1.165, 1.54) is 53.1 Å².